The molecule has 0 spiro atoms. The van der Waals surface area contributed by atoms with E-state index >= 15 is 0 Å². The lowest BCUT2D eigenvalue weighted by atomic mass is 10.1. The van der Waals surface area contributed by atoms with Crippen molar-refractivity contribution in [2.24, 2.45) is 0 Å². The van der Waals surface area contributed by atoms with Gasteiger partial charge in [-0.3, -0.25) is 4.79 Å². The second-order valence-corrected chi connectivity index (χ2v) is 5.01. The molecule has 0 saturated carbocycles. The van der Waals surface area contributed by atoms with Crippen LogP contribution in [0.5, 0.6) is 0 Å². The molecule has 0 saturated heterocycles. The van der Waals surface area contributed by atoms with E-state index in [0.29, 0.717) is 11.3 Å². The van der Waals surface area contributed by atoms with E-state index in [0.717, 1.165) is 24.8 Å². The molecule has 0 aliphatic rings. The first-order valence-corrected chi connectivity index (χ1v) is 7.05. The molecule has 0 amide bonds. The van der Waals surface area contributed by atoms with E-state index in [1.807, 2.05) is 12.1 Å². The molecule has 0 heterocycles. The summed E-state index contributed by atoms with van der Waals surface area (Å²) in [4.78, 5) is 11.4. The van der Waals surface area contributed by atoms with Crippen molar-refractivity contribution in [3.63, 3.8) is 0 Å². The second-order valence-electron chi connectivity index (χ2n) is 3.77. The highest BCUT2D eigenvalue weighted by atomic mass is 35.5. The number of hydrogen-bond donors (Lipinski definition) is 1. The fraction of sp³-hybridized carbons (Fsp3) is 0.417. The number of ketones is 1. The maximum atomic E-state index is 10.9. The summed E-state index contributed by atoms with van der Waals surface area (Å²) < 4.78 is 19.6. The first-order chi connectivity index (χ1) is 8.13. The van der Waals surface area contributed by atoms with E-state index < -0.39 is 11.1 Å². The van der Waals surface area contributed by atoms with Crippen molar-refractivity contribution in [2.75, 3.05) is 5.88 Å². The molecule has 0 radical (unpaired) electrons. The Bertz CT molecular complexity index is 389. The van der Waals surface area contributed by atoms with Crippen molar-refractivity contribution in [3.8, 4) is 0 Å². The van der Waals surface area contributed by atoms with Gasteiger partial charge >= 0.3 is 0 Å². The number of halogens is 1. The second kappa shape index (κ2) is 7.58. The van der Waals surface area contributed by atoms with Crippen LogP contribution in [0.4, 0.5) is 0 Å². The molecule has 0 fully saturated rings. The van der Waals surface area contributed by atoms with Crippen LogP contribution in [0.25, 0.3) is 0 Å². The highest BCUT2D eigenvalue weighted by Crippen LogP contribution is 2.11. The number of unbranched alkanes of at least 4 members (excludes halogenated alkanes) is 1. The van der Waals surface area contributed by atoms with Gasteiger partial charge < -0.3 is 4.55 Å². The molecule has 1 N–H and O–H groups in total. The zero-order chi connectivity index (χ0) is 12.7. The van der Waals surface area contributed by atoms with E-state index in [4.69, 9.17) is 16.2 Å². The number of rotatable bonds is 7. The minimum Gasteiger partial charge on any atom is -0.302 e. The zero-order valence-corrected chi connectivity index (χ0v) is 11.0. The van der Waals surface area contributed by atoms with E-state index in [9.17, 15) is 9.00 Å². The largest absolute Gasteiger partial charge is 0.302 e. The minimum atomic E-state index is -1.91. The predicted molar refractivity (Wildman–Crippen MR) is 68.8 cm³/mol. The molecule has 1 unspecified atom stereocenters. The van der Waals surface area contributed by atoms with Crippen LogP contribution >= 0.6 is 11.6 Å². The lowest BCUT2D eigenvalue weighted by Crippen LogP contribution is -1.99. The molecule has 17 heavy (non-hydrogen) atoms. The van der Waals surface area contributed by atoms with Gasteiger partial charge in [-0.1, -0.05) is 12.1 Å². The quantitative estimate of drug-likeness (QED) is 0.473. The Morgan fingerprint density at radius 1 is 1.24 bits per heavy atom. The Balaban J connectivity index is 2.32. The first-order valence-electron chi connectivity index (χ1n) is 5.41. The van der Waals surface area contributed by atoms with E-state index in [1.54, 1.807) is 12.1 Å². The summed E-state index contributed by atoms with van der Waals surface area (Å²) >= 11 is 3.48. The van der Waals surface area contributed by atoms with Crippen molar-refractivity contribution < 1.29 is 13.6 Å². The van der Waals surface area contributed by atoms with Gasteiger partial charge in [0.1, 0.15) is 5.78 Å². The molecule has 0 aliphatic carbocycles. The molecular formula is C12H15ClO3S. The molecule has 0 aliphatic heterocycles. The van der Waals surface area contributed by atoms with Crippen LogP contribution in [-0.2, 0) is 22.3 Å². The van der Waals surface area contributed by atoms with Crippen LogP contribution in [0.15, 0.2) is 29.2 Å². The summed E-state index contributed by atoms with van der Waals surface area (Å²) in [6.45, 7) is 0. The molecular weight excluding hydrogens is 260 g/mol. The third-order valence-corrected chi connectivity index (χ3v) is 3.42. The normalized spacial score (nSPS) is 12.4. The highest BCUT2D eigenvalue weighted by molar-refractivity contribution is 7.79. The van der Waals surface area contributed by atoms with Gasteiger partial charge in [0.15, 0.2) is 11.1 Å². The molecule has 5 heteroatoms. The smallest absolute Gasteiger partial charge is 0.186 e. The Morgan fingerprint density at radius 3 is 2.41 bits per heavy atom. The SMILES string of the molecule is O=C(CCl)CCCCc1ccc(S(=O)O)cc1. The van der Waals surface area contributed by atoms with Crippen molar-refractivity contribution in [1.82, 2.24) is 0 Å². The fourth-order valence-electron chi connectivity index (χ4n) is 1.49. The Labute approximate surface area is 108 Å². The summed E-state index contributed by atoms with van der Waals surface area (Å²) in [7, 11) is 0. The molecule has 94 valence electrons. The van der Waals surface area contributed by atoms with Gasteiger partial charge in [-0.2, -0.15) is 0 Å². The third-order valence-electron chi connectivity index (χ3n) is 2.45. The highest BCUT2D eigenvalue weighted by Gasteiger charge is 2.01. The maximum Gasteiger partial charge on any atom is 0.186 e. The number of carbonyl (C=O) groups excluding carboxylic acids is 1. The first kappa shape index (κ1) is 14.4. The Morgan fingerprint density at radius 2 is 1.88 bits per heavy atom. The molecule has 3 nitrogen and oxygen atoms in total. The van der Waals surface area contributed by atoms with Crippen molar-refractivity contribution in [2.45, 2.75) is 30.6 Å². The summed E-state index contributed by atoms with van der Waals surface area (Å²) in [5, 5.41) is 0. The van der Waals surface area contributed by atoms with E-state index in [2.05, 4.69) is 0 Å². The number of Topliss-reactive ketones (excluding diaryl/α,β-unsaturated/α-hetero) is 1. The van der Waals surface area contributed by atoms with E-state index in [-0.39, 0.29) is 11.7 Å². The van der Waals surface area contributed by atoms with Crippen LogP contribution < -0.4 is 0 Å². The summed E-state index contributed by atoms with van der Waals surface area (Å²) in [5.74, 6) is 0.175. The zero-order valence-electron chi connectivity index (χ0n) is 9.39. The third kappa shape index (κ3) is 5.44. The maximum absolute atomic E-state index is 10.9. The number of benzene rings is 1. The van der Waals surface area contributed by atoms with Crippen molar-refractivity contribution in [1.29, 1.82) is 0 Å². The molecule has 0 bridgehead atoms. The lowest BCUT2D eigenvalue weighted by Gasteiger charge is -2.02. The standard InChI is InChI=1S/C12H15ClO3S/c13-9-11(14)4-2-1-3-10-5-7-12(8-6-10)17(15)16/h5-8H,1-4,9H2,(H,15,16). The van der Waals surface area contributed by atoms with Crippen LogP contribution in [0.1, 0.15) is 24.8 Å². The number of carbonyl (C=O) groups is 1. The van der Waals surface area contributed by atoms with Crippen LogP contribution in [0.2, 0.25) is 0 Å². The van der Waals surface area contributed by atoms with Gasteiger partial charge in [0, 0.05) is 6.42 Å². The predicted octanol–water partition coefficient (Wildman–Crippen LogP) is 2.79. The molecule has 1 atom stereocenters. The lowest BCUT2D eigenvalue weighted by molar-refractivity contribution is -0.116. The van der Waals surface area contributed by atoms with Gasteiger partial charge in [-0.15, -0.1) is 11.6 Å². The summed E-state index contributed by atoms with van der Waals surface area (Å²) in [6, 6.07) is 6.98. The molecule has 0 aromatic heterocycles. The molecule has 1 aromatic rings. The fourth-order valence-corrected chi connectivity index (χ4v) is 1.99. The number of aryl methyl sites for hydroxylation is 1. The van der Waals surface area contributed by atoms with Crippen LogP contribution in [-0.4, -0.2) is 20.4 Å². The van der Waals surface area contributed by atoms with Gasteiger partial charge in [0.2, 0.25) is 0 Å². The van der Waals surface area contributed by atoms with Crippen molar-refractivity contribution in [3.05, 3.63) is 29.8 Å². The summed E-state index contributed by atoms with van der Waals surface area (Å²) in [5.41, 5.74) is 1.11. The van der Waals surface area contributed by atoms with Crippen LogP contribution in [0.3, 0.4) is 0 Å². The molecule has 1 rings (SSSR count). The Hall–Kier alpha value is -0.710. The summed E-state index contributed by atoms with van der Waals surface area (Å²) in [6.07, 6.45) is 3.15. The van der Waals surface area contributed by atoms with Gasteiger partial charge in [0.25, 0.3) is 0 Å². The van der Waals surface area contributed by atoms with Gasteiger partial charge in [-0.25, -0.2) is 4.21 Å². The molecule has 1 aromatic carbocycles. The number of alkyl halides is 1. The van der Waals surface area contributed by atoms with Crippen molar-refractivity contribution >= 4 is 28.5 Å². The number of hydrogen-bond acceptors (Lipinski definition) is 2. The minimum absolute atomic E-state index is 0.0812. The topological polar surface area (TPSA) is 54.4 Å². The van der Waals surface area contributed by atoms with Crippen LogP contribution in [0, 0.1) is 0 Å². The average Bonchev–Trinajstić information content (AvgIpc) is 2.34. The van der Waals surface area contributed by atoms with Gasteiger partial charge in [-0.05, 0) is 37.0 Å². The van der Waals surface area contributed by atoms with E-state index in [1.165, 1.54) is 0 Å². The Kier molecular flexibility index (Phi) is 6.40. The van der Waals surface area contributed by atoms with Gasteiger partial charge in [0.05, 0.1) is 10.8 Å². The monoisotopic (exact) mass is 274 g/mol. The average molecular weight is 275 g/mol.